The predicted molar refractivity (Wildman–Crippen MR) is 152 cm³/mol. The summed E-state index contributed by atoms with van der Waals surface area (Å²) in [5.41, 5.74) is 13.1. The molecule has 0 fully saturated rings. The van der Waals surface area contributed by atoms with Crippen LogP contribution in [0.2, 0.25) is 0 Å². The summed E-state index contributed by atoms with van der Waals surface area (Å²) < 4.78 is 39.9. The summed E-state index contributed by atoms with van der Waals surface area (Å²) in [5.74, 6) is -0.490. The fourth-order valence-electron chi connectivity index (χ4n) is 5.10. The van der Waals surface area contributed by atoms with Crippen molar-refractivity contribution in [1.82, 2.24) is 9.29 Å². The molecule has 2 heterocycles. The molecule has 0 saturated carbocycles. The SMILES string of the molecule is CCOC(=O)CC(c1ccc(C)c(CN2C[C@@H](C)Oc3cnccc3S2(=O)=O)c1)c1ccc(NC)c(N=N)c1C. The Bertz CT molecular complexity index is 1530. The van der Waals surface area contributed by atoms with Gasteiger partial charge in [0.25, 0.3) is 0 Å². The van der Waals surface area contributed by atoms with Gasteiger partial charge in [0.2, 0.25) is 10.0 Å². The van der Waals surface area contributed by atoms with E-state index in [-0.39, 0.29) is 54.8 Å². The summed E-state index contributed by atoms with van der Waals surface area (Å²) in [7, 11) is -2.08. The summed E-state index contributed by atoms with van der Waals surface area (Å²) in [5, 5.41) is 6.79. The van der Waals surface area contributed by atoms with Crippen LogP contribution in [0, 0.1) is 19.4 Å². The molecule has 2 atom stereocenters. The Morgan fingerprint density at radius 2 is 2.05 bits per heavy atom. The van der Waals surface area contributed by atoms with Gasteiger partial charge in [-0.15, -0.1) is 0 Å². The topological polar surface area (TPSA) is 134 Å². The Morgan fingerprint density at radius 3 is 2.75 bits per heavy atom. The normalized spacial score (nSPS) is 17.2. The van der Waals surface area contributed by atoms with E-state index in [2.05, 4.69) is 15.4 Å². The third-order valence-electron chi connectivity index (χ3n) is 7.18. The number of esters is 1. The van der Waals surface area contributed by atoms with Gasteiger partial charge in [0.1, 0.15) is 16.7 Å². The standard InChI is InChI=1S/C29H35N5O5S/c1-6-38-28(35)14-24(23-9-10-25(31-5)29(33-30)20(23)4)21-8-7-18(2)22(13-21)17-34-16-19(3)39-26-15-32-12-11-27(26)40(34,36)37/h7-13,15,19,24,30-31H,6,14,16-17H2,1-5H3/t19-,24?/m1/s1. The van der Waals surface area contributed by atoms with E-state index in [0.29, 0.717) is 11.4 Å². The molecule has 2 N–H and O–H groups in total. The highest BCUT2D eigenvalue weighted by Gasteiger charge is 2.34. The number of nitrogens with one attached hydrogen (secondary N) is 2. The highest BCUT2D eigenvalue weighted by Crippen LogP contribution is 2.39. The van der Waals surface area contributed by atoms with Gasteiger partial charge in [0, 0.05) is 25.7 Å². The van der Waals surface area contributed by atoms with Crippen LogP contribution in [0.25, 0.3) is 0 Å². The van der Waals surface area contributed by atoms with Gasteiger partial charge >= 0.3 is 5.97 Å². The first kappa shape index (κ1) is 29.2. The molecule has 0 spiro atoms. The van der Waals surface area contributed by atoms with Crippen LogP contribution in [0.3, 0.4) is 0 Å². The zero-order chi connectivity index (χ0) is 29.0. The van der Waals surface area contributed by atoms with Crippen LogP contribution < -0.4 is 10.1 Å². The molecule has 3 aromatic rings. The van der Waals surface area contributed by atoms with E-state index in [1.165, 1.54) is 22.8 Å². The largest absolute Gasteiger partial charge is 0.486 e. The van der Waals surface area contributed by atoms with Crippen LogP contribution in [0.4, 0.5) is 11.4 Å². The Labute approximate surface area is 235 Å². The first-order valence-corrected chi connectivity index (χ1v) is 14.6. The van der Waals surface area contributed by atoms with Gasteiger partial charge in [-0.1, -0.05) is 24.3 Å². The second-order valence-corrected chi connectivity index (χ2v) is 11.7. The average molecular weight is 566 g/mol. The Kier molecular flexibility index (Phi) is 8.85. The van der Waals surface area contributed by atoms with E-state index in [0.717, 1.165) is 27.8 Å². The number of nitrogens with zero attached hydrogens (tertiary/aromatic N) is 3. The number of ether oxygens (including phenoxy) is 2. The van der Waals surface area contributed by atoms with Crippen molar-refractivity contribution >= 4 is 27.4 Å². The average Bonchev–Trinajstić information content (AvgIpc) is 3.01. The van der Waals surface area contributed by atoms with Crippen molar-refractivity contribution in [1.29, 1.82) is 5.53 Å². The number of hydrogen-bond donors (Lipinski definition) is 2. The maximum Gasteiger partial charge on any atom is 0.306 e. The molecule has 0 aliphatic carbocycles. The highest BCUT2D eigenvalue weighted by atomic mass is 32.2. The van der Waals surface area contributed by atoms with Gasteiger partial charge in [-0.05, 0) is 67.6 Å². The van der Waals surface area contributed by atoms with E-state index in [1.54, 1.807) is 14.0 Å². The molecule has 4 rings (SSSR count). The number of pyridine rings is 1. The van der Waals surface area contributed by atoms with E-state index in [1.807, 2.05) is 51.1 Å². The van der Waals surface area contributed by atoms with Gasteiger partial charge in [0.15, 0.2) is 5.75 Å². The fraction of sp³-hybridized carbons (Fsp3) is 0.379. The van der Waals surface area contributed by atoms with E-state index in [9.17, 15) is 13.2 Å². The number of hydrogen-bond acceptors (Lipinski definition) is 9. The quantitative estimate of drug-likeness (QED) is 0.260. The second kappa shape index (κ2) is 12.1. The number of carbonyl (C=O) groups excluding carboxylic acids is 1. The molecule has 1 aliphatic rings. The lowest BCUT2D eigenvalue weighted by Gasteiger charge is -2.25. The predicted octanol–water partition coefficient (Wildman–Crippen LogP) is 5.46. The number of benzene rings is 2. The van der Waals surface area contributed by atoms with E-state index >= 15 is 0 Å². The minimum Gasteiger partial charge on any atom is -0.486 e. The summed E-state index contributed by atoms with van der Waals surface area (Å²) in [4.78, 5) is 16.8. The van der Waals surface area contributed by atoms with Crippen molar-refractivity contribution in [2.45, 2.75) is 57.6 Å². The summed E-state index contributed by atoms with van der Waals surface area (Å²) in [6.07, 6.45) is 2.58. The third-order valence-corrected chi connectivity index (χ3v) is 9.03. The molecule has 40 heavy (non-hydrogen) atoms. The van der Waals surface area contributed by atoms with Crippen molar-refractivity contribution in [2.75, 3.05) is 25.5 Å². The lowest BCUT2D eigenvalue weighted by molar-refractivity contribution is -0.143. The zero-order valence-corrected chi connectivity index (χ0v) is 24.2. The van der Waals surface area contributed by atoms with Crippen LogP contribution in [0.5, 0.6) is 5.75 Å². The van der Waals surface area contributed by atoms with Gasteiger partial charge in [-0.25, -0.2) is 13.9 Å². The number of carbonyl (C=O) groups is 1. The molecule has 0 bridgehead atoms. The first-order chi connectivity index (χ1) is 19.1. The molecule has 0 radical (unpaired) electrons. The summed E-state index contributed by atoms with van der Waals surface area (Å²) >= 11 is 0. The maximum atomic E-state index is 13.6. The number of sulfonamides is 1. The van der Waals surface area contributed by atoms with Gasteiger partial charge in [-0.2, -0.15) is 9.42 Å². The molecular weight excluding hydrogens is 530 g/mol. The molecule has 11 heteroatoms. The lowest BCUT2D eigenvalue weighted by Crippen LogP contribution is -2.35. The molecule has 1 aliphatic heterocycles. The van der Waals surface area contributed by atoms with Crippen LogP contribution in [0.15, 0.2) is 58.8 Å². The Balaban J connectivity index is 1.78. The van der Waals surface area contributed by atoms with Gasteiger partial charge < -0.3 is 14.8 Å². The molecule has 1 aromatic heterocycles. The number of aromatic nitrogens is 1. The first-order valence-electron chi connectivity index (χ1n) is 13.1. The molecule has 212 valence electrons. The summed E-state index contributed by atoms with van der Waals surface area (Å²) in [6.45, 7) is 7.98. The van der Waals surface area contributed by atoms with Crippen molar-refractivity contribution in [3.05, 3.63) is 76.6 Å². The van der Waals surface area contributed by atoms with Crippen LogP contribution in [-0.2, 0) is 26.1 Å². The molecule has 2 aromatic carbocycles. The minimum absolute atomic E-state index is 0.0841. The monoisotopic (exact) mass is 565 g/mol. The van der Waals surface area contributed by atoms with E-state index in [4.69, 9.17) is 15.0 Å². The maximum absolute atomic E-state index is 13.6. The van der Waals surface area contributed by atoms with Gasteiger partial charge in [-0.3, -0.25) is 9.78 Å². The van der Waals surface area contributed by atoms with Crippen molar-refractivity contribution < 1.29 is 22.7 Å². The smallest absolute Gasteiger partial charge is 0.306 e. The van der Waals surface area contributed by atoms with Gasteiger partial charge in [0.05, 0.1) is 31.5 Å². The Hall–Kier alpha value is -3.83. The number of rotatable bonds is 9. The number of anilines is 1. The summed E-state index contributed by atoms with van der Waals surface area (Å²) in [6, 6.07) is 11.1. The minimum atomic E-state index is -3.85. The molecule has 0 saturated heterocycles. The van der Waals surface area contributed by atoms with Crippen LogP contribution >= 0.6 is 0 Å². The number of aryl methyl sites for hydroxylation is 1. The zero-order valence-electron chi connectivity index (χ0n) is 23.4. The van der Waals surface area contributed by atoms with E-state index < -0.39 is 10.0 Å². The van der Waals surface area contributed by atoms with Crippen molar-refractivity contribution in [3.63, 3.8) is 0 Å². The van der Waals surface area contributed by atoms with Crippen molar-refractivity contribution in [2.24, 2.45) is 5.11 Å². The molecular formula is C29H35N5O5S. The molecule has 10 nitrogen and oxygen atoms in total. The second-order valence-electron chi connectivity index (χ2n) is 9.83. The van der Waals surface area contributed by atoms with Crippen LogP contribution in [0.1, 0.15) is 54.0 Å². The number of fused-ring (bicyclic) bond motifs is 1. The highest BCUT2D eigenvalue weighted by molar-refractivity contribution is 7.89. The van der Waals surface area contributed by atoms with Crippen LogP contribution in [-0.4, -0.2) is 50.0 Å². The molecule has 0 amide bonds. The fourth-order valence-corrected chi connectivity index (χ4v) is 6.68. The lowest BCUT2D eigenvalue weighted by atomic mass is 9.84. The molecule has 1 unspecified atom stereocenters. The Morgan fingerprint density at radius 1 is 1.27 bits per heavy atom. The third kappa shape index (κ3) is 5.85. The van der Waals surface area contributed by atoms with Crippen molar-refractivity contribution in [3.8, 4) is 5.75 Å².